The van der Waals surface area contributed by atoms with Gasteiger partial charge in [0.2, 0.25) is 0 Å². The number of nitrogen functional groups attached to an aromatic ring is 1. The van der Waals surface area contributed by atoms with E-state index in [1.807, 2.05) is 19.1 Å². The molecule has 1 aromatic heterocycles. The number of aromatic nitrogens is 1. The molecule has 0 aromatic carbocycles. The van der Waals surface area contributed by atoms with Gasteiger partial charge in [-0.3, -0.25) is 4.90 Å². The summed E-state index contributed by atoms with van der Waals surface area (Å²) in [5.74, 6) is 0.771. The lowest BCUT2D eigenvalue weighted by atomic mass is 10.2. The predicted molar refractivity (Wildman–Crippen MR) is 76.2 cm³/mol. The zero-order valence-electron chi connectivity index (χ0n) is 11.4. The Morgan fingerprint density at radius 1 is 1.53 bits per heavy atom. The number of hydrogen-bond donors (Lipinski definition) is 2. The second kappa shape index (κ2) is 5.35. The van der Waals surface area contributed by atoms with Crippen molar-refractivity contribution in [3.05, 3.63) is 17.8 Å². The first kappa shape index (κ1) is 12.7. The Balaban J connectivity index is 1.56. The van der Waals surface area contributed by atoms with Gasteiger partial charge in [-0.15, -0.1) is 0 Å². The maximum atomic E-state index is 5.91. The second-order valence-electron chi connectivity index (χ2n) is 5.52. The van der Waals surface area contributed by atoms with Gasteiger partial charge in [-0.25, -0.2) is 4.98 Å². The van der Waals surface area contributed by atoms with Gasteiger partial charge >= 0.3 is 0 Å². The van der Waals surface area contributed by atoms with Crippen LogP contribution < -0.4 is 11.1 Å². The fraction of sp³-hybridized carbons (Fsp3) is 0.643. The molecule has 0 radical (unpaired) electrons. The maximum absolute atomic E-state index is 5.91. The summed E-state index contributed by atoms with van der Waals surface area (Å²) in [6.45, 7) is 5.84. The summed E-state index contributed by atoms with van der Waals surface area (Å²) < 4.78 is 5.91. The molecule has 0 aliphatic carbocycles. The van der Waals surface area contributed by atoms with E-state index in [9.17, 15) is 0 Å². The molecule has 2 aliphatic rings. The molecule has 2 unspecified atom stereocenters. The van der Waals surface area contributed by atoms with Gasteiger partial charge in [0.25, 0.3) is 0 Å². The first-order valence-electron chi connectivity index (χ1n) is 7.05. The molecule has 2 saturated heterocycles. The molecule has 5 heteroatoms. The van der Waals surface area contributed by atoms with E-state index >= 15 is 0 Å². The van der Waals surface area contributed by atoms with Gasteiger partial charge in [0.15, 0.2) is 0 Å². The Morgan fingerprint density at radius 3 is 3.32 bits per heavy atom. The van der Waals surface area contributed by atoms with Crippen LogP contribution in [0.3, 0.4) is 0 Å². The first-order chi connectivity index (χ1) is 9.22. The summed E-state index contributed by atoms with van der Waals surface area (Å²) in [5.41, 5.74) is 7.58. The summed E-state index contributed by atoms with van der Waals surface area (Å²) in [6, 6.07) is 4.47. The molecule has 0 saturated carbocycles. The normalized spacial score (nSPS) is 27.2. The number of nitrogens with zero attached hydrogens (tertiary/aromatic N) is 2. The van der Waals surface area contributed by atoms with Crippen molar-refractivity contribution in [1.29, 1.82) is 0 Å². The number of anilines is 2. The predicted octanol–water partition coefficient (Wildman–Crippen LogP) is 1.25. The molecule has 19 heavy (non-hydrogen) atoms. The van der Waals surface area contributed by atoms with Gasteiger partial charge in [0, 0.05) is 24.8 Å². The van der Waals surface area contributed by atoms with Crippen LogP contribution in [0.4, 0.5) is 11.5 Å². The van der Waals surface area contributed by atoms with Crippen molar-refractivity contribution in [3.8, 4) is 0 Å². The molecule has 3 N–H and O–H groups in total. The van der Waals surface area contributed by atoms with Crippen LogP contribution in [0.15, 0.2) is 12.1 Å². The fourth-order valence-corrected chi connectivity index (χ4v) is 2.93. The van der Waals surface area contributed by atoms with Crippen LogP contribution in [-0.4, -0.2) is 48.3 Å². The summed E-state index contributed by atoms with van der Waals surface area (Å²) >= 11 is 0. The minimum absolute atomic E-state index is 0.232. The minimum Gasteiger partial charge on any atom is -0.396 e. The number of morpholine rings is 1. The van der Waals surface area contributed by atoms with E-state index in [0.717, 1.165) is 31.2 Å². The minimum atomic E-state index is 0.232. The third-order valence-electron chi connectivity index (χ3n) is 4.02. The van der Waals surface area contributed by atoms with Gasteiger partial charge in [0.1, 0.15) is 5.82 Å². The number of fused-ring (bicyclic) bond motifs is 1. The average Bonchev–Trinajstić information content (AvgIpc) is 2.87. The molecule has 0 amide bonds. The van der Waals surface area contributed by atoms with Gasteiger partial charge < -0.3 is 15.8 Å². The summed E-state index contributed by atoms with van der Waals surface area (Å²) in [7, 11) is 0. The summed E-state index contributed by atoms with van der Waals surface area (Å²) in [6.07, 6.45) is 2.82. The highest BCUT2D eigenvalue weighted by molar-refractivity contribution is 5.61. The van der Waals surface area contributed by atoms with Gasteiger partial charge in [-0.1, -0.05) is 0 Å². The Hall–Kier alpha value is -1.33. The molecular weight excluding hydrogens is 240 g/mol. The highest BCUT2D eigenvalue weighted by Gasteiger charge is 2.31. The van der Waals surface area contributed by atoms with Crippen molar-refractivity contribution in [2.75, 3.05) is 37.3 Å². The molecule has 3 heterocycles. The third-order valence-corrected chi connectivity index (χ3v) is 4.02. The summed E-state index contributed by atoms with van der Waals surface area (Å²) in [5, 5.41) is 3.32. The monoisotopic (exact) mass is 262 g/mol. The number of nitrogens with two attached hydrogens (primary N) is 1. The van der Waals surface area contributed by atoms with E-state index < -0.39 is 0 Å². The average molecular weight is 262 g/mol. The third kappa shape index (κ3) is 2.82. The summed E-state index contributed by atoms with van der Waals surface area (Å²) in [4.78, 5) is 6.96. The number of ether oxygens (including phenoxy) is 1. The van der Waals surface area contributed by atoms with E-state index in [2.05, 4.69) is 15.2 Å². The van der Waals surface area contributed by atoms with Crippen molar-refractivity contribution < 1.29 is 4.74 Å². The quantitative estimate of drug-likeness (QED) is 0.858. The van der Waals surface area contributed by atoms with Crippen molar-refractivity contribution >= 4 is 11.5 Å². The second-order valence-corrected chi connectivity index (χ2v) is 5.52. The molecule has 2 aliphatic heterocycles. The highest BCUT2D eigenvalue weighted by Crippen LogP contribution is 2.23. The Labute approximate surface area is 114 Å². The van der Waals surface area contributed by atoms with Crippen LogP contribution in [0.2, 0.25) is 0 Å². The smallest absolute Gasteiger partial charge is 0.149 e. The van der Waals surface area contributed by atoms with E-state index in [1.165, 1.54) is 19.4 Å². The molecular formula is C14H22N4O. The van der Waals surface area contributed by atoms with Crippen LogP contribution in [0, 0.1) is 6.92 Å². The van der Waals surface area contributed by atoms with Crippen LogP contribution in [0.5, 0.6) is 0 Å². The zero-order chi connectivity index (χ0) is 13.2. The van der Waals surface area contributed by atoms with Crippen molar-refractivity contribution in [2.24, 2.45) is 0 Å². The first-order valence-corrected chi connectivity index (χ1v) is 7.05. The molecule has 1 aromatic rings. The Kier molecular flexibility index (Phi) is 3.57. The topological polar surface area (TPSA) is 63.4 Å². The van der Waals surface area contributed by atoms with Crippen LogP contribution in [0.25, 0.3) is 0 Å². The molecule has 0 spiro atoms. The van der Waals surface area contributed by atoms with E-state index in [4.69, 9.17) is 10.5 Å². The zero-order valence-corrected chi connectivity index (χ0v) is 11.4. The number of rotatable bonds is 3. The molecule has 2 fully saturated rings. The Morgan fingerprint density at radius 2 is 2.42 bits per heavy atom. The fourth-order valence-electron chi connectivity index (χ4n) is 2.93. The van der Waals surface area contributed by atoms with Gasteiger partial charge in [-0.05, 0) is 38.4 Å². The van der Waals surface area contributed by atoms with E-state index in [0.29, 0.717) is 11.7 Å². The van der Waals surface area contributed by atoms with Crippen molar-refractivity contribution in [1.82, 2.24) is 9.88 Å². The largest absolute Gasteiger partial charge is 0.396 e. The van der Waals surface area contributed by atoms with Crippen LogP contribution >= 0.6 is 0 Å². The molecule has 3 rings (SSSR count). The molecule has 2 atom stereocenters. The standard InChI is InChI=1S/C14H22N4O/c1-10-4-5-13(15)14(17-10)16-7-12-8-18-6-2-3-11(18)9-19-12/h4-5,11-12H,2-3,6-9,15H2,1H3,(H,16,17). The number of pyridine rings is 1. The van der Waals surface area contributed by atoms with Gasteiger partial charge in [-0.2, -0.15) is 0 Å². The Bertz CT molecular complexity index is 451. The number of aryl methyl sites for hydroxylation is 1. The lowest BCUT2D eigenvalue weighted by Gasteiger charge is -2.35. The lowest BCUT2D eigenvalue weighted by molar-refractivity contribution is -0.0415. The molecule has 104 valence electrons. The van der Waals surface area contributed by atoms with E-state index in [1.54, 1.807) is 0 Å². The number of nitrogens with one attached hydrogen (secondary N) is 1. The van der Waals surface area contributed by atoms with Gasteiger partial charge in [0.05, 0.1) is 18.4 Å². The van der Waals surface area contributed by atoms with E-state index in [-0.39, 0.29) is 6.10 Å². The van der Waals surface area contributed by atoms with Crippen molar-refractivity contribution in [2.45, 2.75) is 31.9 Å². The maximum Gasteiger partial charge on any atom is 0.149 e. The number of hydrogen-bond acceptors (Lipinski definition) is 5. The SMILES string of the molecule is Cc1ccc(N)c(NCC2CN3CCCC3CO2)n1. The highest BCUT2D eigenvalue weighted by atomic mass is 16.5. The van der Waals surface area contributed by atoms with Crippen LogP contribution in [0.1, 0.15) is 18.5 Å². The molecule has 5 nitrogen and oxygen atoms in total. The van der Waals surface area contributed by atoms with Crippen LogP contribution in [-0.2, 0) is 4.74 Å². The molecule has 0 bridgehead atoms. The lowest BCUT2D eigenvalue weighted by Crippen LogP contribution is -2.48. The van der Waals surface area contributed by atoms with Crippen molar-refractivity contribution in [3.63, 3.8) is 0 Å².